The minimum Gasteiger partial charge on any atom is -0.487 e. The fourth-order valence-corrected chi connectivity index (χ4v) is 8.37. The molecule has 1 aromatic heterocycles. The van der Waals surface area contributed by atoms with Crippen LogP contribution in [0, 0.1) is 13.8 Å². The van der Waals surface area contributed by atoms with Crippen molar-refractivity contribution in [2.24, 2.45) is 10.9 Å². The van der Waals surface area contributed by atoms with Gasteiger partial charge in [0.25, 0.3) is 5.91 Å². The maximum Gasteiger partial charge on any atom is 0.332 e. The maximum absolute atomic E-state index is 14.0. The molecule has 1 atom stereocenters. The maximum atomic E-state index is 14.0. The van der Waals surface area contributed by atoms with Gasteiger partial charge in [0.1, 0.15) is 28.8 Å². The molecule has 16 heteroatoms. The number of nitrogens with two attached hydrogens (primary N) is 1. The van der Waals surface area contributed by atoms with Gasteiger partial charge >= 0.3 is 5.97 Å². The molecule has 5 rings (SSSR count). The number of aromatic nitrogens is 1. The molecule has 2 heterocycles. The molecule has 1 fully saturated rings. The average Bonchev–Trinajstić information content (AvgIpc) is 3.62. The Balaban J connectivity index is 1.19. The highest BCUT2D eigenvalue weighted by Crippen LogP contribution is 2.36. The number of aryl methyl sites for hydroxylation is 2. The van der Waals surface area contributed by atoms with Crippen LogP contribution in [0.15, 0.2) is 70.7 Å². The van der Waals surface area contributed by atoms with E-state index in [4.69, 9.17) is 33.7 Å². The Morgan fingerprint density at radius 3 is 2.52 bits per heavy atom. The first kappa shape index (κ1) is 38.5. The van der Waals surface area contributed by atoms with E-state index in [2.05, 4.69) is 25.6 Å². The summed E-state index contributed by atoms with van der Waals surface area (Å²) in [6.07, 6.45) is 1.19. The molecule has 13 nitrogen and oxygen atoms in total. The van der Waals surface area contributed by atoms with Crippen LogP contribution in [-0.2, 0) is 31.1 Å². The number of hydrogen-bond acceptors (Lipinski definition) is 9. The van der Waals surface area contributed by atoms with Gasteiger partial charge in [-0.1, -0.05) is 52.6 Å². The lowest BCUT2D eigenvalue weighted by Gasteiger charge is -2.24. The number of ether oxygens (including phenoxy) is 1. The van der Waals surface area contributed by atoms with Crippen molar-refractivity contribution in [1.82, 2.24) is 19.9 Å². The first-order valence-electron chi connectivity index (χ1n) is 16.4. The highest BCUT2D eigenvalue weighted by atomic mass is 35.5. The molecule has 0 saturated carbocycles. The molecule has 1 aliphatic rings. The van der Waals surface area contributed by atoms with Crippen molar-refractivity contribution in [2.75, 3.05) is 19.6 Å². The van der Waals surface area contributed by atoms with Crippen molar-refractivity contribution >= 4 is 67.7 Å². The number of fused-ring (bicyclic) bond motifs is 1. The summed E-state index contributed by atoms with van der Waals surface area (Å²) in [4.78, 5) is 45.9. The molecule has 4 aromatic rings. The van der Waals surface area contributed by atoms with Crippen molar-refractivity contribution in [3.05, 3.63) is 98.7 Å². The van der Waals surface area contributed by atoms with Crippen LogP contribution in [0.4, 0.5) is 0 Å². The van der Waals surface area contributed by atoms with Crippen molar-refractivity contribution in [2.45, 2.75) is 57.6 Å². The molecule has 1 aliphatic heterocycles. The van der Waals surface area contributed by atoms with Crippen LogP contribution in [0.25, 0.3) is 10.9 Å². The SMILES string of the molecule is CC(=O)ON=C(N)c1cccc(C(=O)NCCCNC(=O)[C@@H]2CCCN2S(=O)(=O)c2ccc(Cl)c(COc3cccc4c(C)cc(C)nc34)c2Cl)c1. The van der Waals surface area contributed by atoms with Gasteiger partial charge in [0.15, 0.2) is 5.84 Å². The second-order valence-electron chi connectivity index (χ2n) is 12.2. The van der Waals surface area contributed by atoms with Gasteiger partial charge in [-0.15, -0.1) is 0 Å². The van der Waals surface area contributed by atoms with Gasteiger partial charge < -0.3 is 25.9 Å². The Kier molecular flexibility index (Phi) is 12.4. The molecule has 0 spiro atoms. The number of rotatable bonds is 13. The zero-order valence-corrected chi connectivity index (χ0v) is 31.1. The Morgan fingerprint density at radius 1 is 1.02 bits per heavy atom. The third kappa shape index (κ3) is 8.81. The lowest BCUT2D eigenvalue weighted by Crippen LogP contribution is -2.46. The number of pyridine rings is 1. The number of para-hydroxylation sites is 1. The van der Waals surface area contributed by atoms with Gasteiger partial charge in [-0.05, 0) is 75.1 Å². The highest BCUT2D eigenvalue weighted by Gasteiger charge is 2.40. The van der Waals surface area contributed by atoms with E-state index >= 15 is 0 Å². The van der Waals surface area contributed by atoms with Crippen LogP contribution >= 0.6 is 23.2 Å². The number of sulfonamides is 1. The standard InChI is InChI=1S/C36H38Cl2N6O7S/c1-21-18-22(2)42-33-26(21)10-5-12-30(33)50-20-27-28(37)13-14-31(32(27)38)52(48,49)44-17-6-11-29(44)36(47)41-16-7-15-40-35(46)25-9-4-8-24(19-25)34(39)43-51-23(3)45/h4-5,8-10,12-14,18-19,29H,6-7,11,15-17,20H2,1-3H3,(H2,39,43)(H,40,46)(H,41,47)/t29-/m0/s1. The third-order valence-electron chi connectivity index (χ3n) is 8.38. The number of amides is 2. The van der Waals surface area contributed by atoms with Crippen molar-refractivity contribution in [3.63, 3.8) is 0 Å². The zero-order valence-electron chi connectivity index (χ0n) is 28.7. The van der Waals surface area contributed by atoms with Gasteiger partial charge in [-0.3, -0.25) is 9.59 Å². The second kappa shape index (κ2) is 16.7. The summed E-state index contributed by atoms with van der Waals surface area (Å²) in [7, 11) is -4.21. The van der Waals surface area contributed by atoms with E-state index in [0.717, 1.165) is 20.9 Å². The smallest absolute Gasteiger partial charge is 0.332 e. The van der Waals surface area contributed by atoms with Crippen LogP contribution in [0.5, 0.6) is 5.75 Å². The summed E-state index contributed by atoms with van der Waals surface area (Å²) < 4.78 is 35.2. The first-order valence-corrected chi connectivity index (χ1v) is 18.6. The largest absolute Gasteiger partial charge is 0.487 e. The van der Waals surface area contributed by atoms with Crippen molar-refractivity contribution < 1.29 is 32.4 Å². The Labute approximate surface area is 311 Å². The van der Waals surface area contributed by atoms with Crippen LogP contribution in [0.2, 0.25) is 10.0 Å². The summed E-state index contributed by atoms with van der Waals surface area (Å²) >= 11 is 13.2. The molecule has 4 N–H and O–H groups in total. The molecule has 0 radical (unpaired) electrons. The average molecular weight is 770 g/mol. The number of benzene rings is 3. The number of nitrogens with one attached hydrogen (secondary N) is 2. The topological polar surface area (TPSA) is 182 Å². The molecule has 0 aliphatic carbocycles. The molecule has 0 bridgehead atoms. The van der Waals surface area contributed by atoms with E-state index < -0.39 is 27.9 Å². The third-order valence-corrected chi connectivity index (χ3v) is 11.2. The van der Waals surface area contributed by atoms with E-state index in [1.165, 1.54) is 25.1 Å². The summed E-state index contributed by atoms with van der Waals surface area (Å²) in [6, 6.07) is 15.7. The van der Waals surface area contributed by atoms with Gasteiger partial charge in [0, 0.05) is 59.4 Å². The first-order chi connectivity index (χ1) is 24.8. The van der Waals surface area contributed by atoms with Crippen molar-refractivity contribution in [1.29, 1.82) is 0 Å². The van der Waals surface area contributed by atoms with Crippen LogP contribution in [0.1, 0.15) is 58.9 Å². The quantitative estimate of drug-likeness (QED) is 0.0554. The normalized spacial score (nSPS) is 15.0. The molecule has 1 saturated heterocycles. The number of oxime groups is 1. The molecule has 3 aromatic carbocycles. The number of halogens is 2. The van der Waals surface area contributed by atoms with E-state index in [-0.39, 0.29) is 52.9 Å². The van der Waals surface area contributed by atoms with Gasteiger partial charge in [0.05, 0.1) is 5.02 Å². The summed E-state index contributed by atoms with van der Waals surface area (Å²) in [5.41, 5.74) is 9.35. The molecular weight excluding hydrogens is 731 g/mol. The molecule has 52 heavy (non-hydrogen) atoms. The van der Waals surface area contributed by atoms with E-state index in [1.54, 1.807) is 24.3 Å². The molecule has 274 valence electrons. The van der Waals surface area contributed by atoms with Gasteiger partial charge in [-0.2, -0.15) is 4.31 Å². The van der Waals surface area contributed by atoms with E-state index in [9.17, 15) is 22.8 Å². The van der Waals surface area contributed by atoms with Crippen LogP contribution in [0.3, 0.4) is 0 Å². The summed E-state index contributed by atoms with van der Waals surface area (Å²) in [5, 5.41) is 10.1. The molecular formula is C36H38Cl2N6O7S. The minimum absolute atomic E-state index is 0.0666. The Bertz CT molecular complexity index is 2160. The van der Waals surface area contributed by atoms with E-state index in [0.29, 0.717) is 47.2 Å². The minimum atomic E-state index is -4.21. The predicted octanol–water partition coefficient (Wildman–Crippen LogP) is 5.01. The number of hydrogen-bond donors (Lipinski definition) is 3. The van der Waals surface area contributed by atoms with Crippen LogP contribution in [-0.4, -0.2) is 67.0 Å². The van der Waals surface area contributed by atoms with E-state index in [1.807, 2.05) is 32.0 Å². The van der Waals surface area contributed by atoms with Gasteiger partial charge in [-0.25, -0.2) is 18.2 Å². The predicted molar refractivity (Wildman–Crippen MR) is 198 cm³/mol. The lowest BCUT2D eigenvalue weighted by molar-refractivity contribution is -0.141. The van der Waals surface area contributed by atoms with Crippen LogP contribution < -0.4 is 21.1 Å². The Morgan fingerprint density at radius 2 is 1.75 bits per heavy atom. The number of nitrogens with zero attached hydrogens (tertiary/aromatic N) is 3. The van der Waals surface area contributed by atoms with Gasteiger partial charge in [0.2, 0.25) is 15.9 Å². The number of amidine groups is 1. The summed E-state index contributed by atoms with van der Waals surface area (Å²) in [6.45, 7) is 5.51. The summed E-state index contributed by atoms with van der Waals surface area (Å²) in [5.74, 6) is -1.03. The molecule has 2 amide bonds. The second-order valence-corrected chi connectivity index (χ2v) is 14.8. The highest BCUT2D eigenvalue weighted by molar-refractivity contribution is 7.89. The lowest BCUT2D eigenvalue weighted by atomic mass is 10.1. The van der Waals surface area contributed by atoms with Crippen molar-refractivity contribution in [3.8, 4) is 5.75 Å². The molecule has 0 unspecified atom stereocenters. The zero-order chi connectivity index (χ0) is 37.6. The number of carbonyl (C=O) groups excluding carboxylic acids is 3. The monoisotopic (exact) mass is 768 g/mol. The number of carbonyl (C=O) groups is 3. The Hall–Kier alpha value is -4.76. The fourth-order valence-electron chi connectivity index (χ4n) is 5.85. The fraction of sp³-hybridized carbons (Fsp3) is 0.306.